The van der Waals surface area contributed by atoms with Crippen LogP contribution in [-0.2, 0) is 11.2 Å². The lowest BCUT2D eigenvalue weighted by molar-refractivity contribution is -0.140. The van der Waals surface area contributed by atoms with Crippen LogP contribution in [0.3, 0.4) is 0 Å². The quantitative estimate of drug-likeness (QED) is 0.830. The number of nitrogens with zero attached hydrogens (tertiary/aromatic N) is 2. The van der Waals surface area contributed by atoms with Gasteiger partial charge >= 0.3 is 0 Å². The summed E-state index contributed by atoms with van der Waals surface area (Å²) < 4.78 is 6.26. The predicted molar refractivity (Wildman–Crippen MR) is 100.0 cm³/mol. The molecule has 1 aliphatic rings. The number of pyridine rings is 2. The lowest BCUT2D eigenvalue weighted by atomic mass is 9.90. The number of ether oxygens (including phenoxy) is 1. The van der Waals surface area contributed by atoms with Crippen molar-refractivity contribution in [2.75, 3.05) is 13.1 Å². The molecule has 0 saturated carbocycles. The van der Waals surface area contributed by atoms with Crippen molar-refractivity contribution in [1.29, 1.82) is 0 Å². The van der Waals surface area contributed by atoms with E-state index in [0.29, 0.717) is 18.6 Å². The van der Waals surface area contributed by atoms with E-state index in [-0.39, 0.29) is 11.9 Å². The van der Waals surface area contributed by atoms with Gasteiger partial charge in [0.25, 0.3) is 5.91 Å². The van der Waals surface area contributed by atoms with Crippen molar-refractivity contribution in [2.24, 2.45) is 0 Å². The van der Waals surface area contributed by atoms with E-state index >= 15 is 0 Å². The van der Waals surface area contributed by atoms with Crippen molar-refractivity contribution < 1.29 is 9.53 Å². The van der Waals surface area contributed by atoms with Gasteiger partial charge in [-0.25, -0.2) is 0 Å². The second-order valence-corrected chi connectivity index (χ2v) is 6.87. The van der Waals surface area contributed by atoms with Crippen LogP contribution in [0.1, 0.15) is 31.0 Å². The Bertz CT molecular complexity index is 730. The highest BCUT2D eigenvalue weighted by Gasteiger charge is 2.42. The molecule has 0 bridgehead atoms. The Balaban J connectivity index is 1.72. The minimum Gasteiger partial charge on any atom is -0.475 e. The van der Waals surface area contributed by atoms with Gasteiger partial charge in [0.1, 0.15) is 5.75 Å². The summed E-state index contributed by atoms with van der Waals surface area (Å²) in [6.07, 6.45) is 7.30. The van der Waals surface area contributed by atoms with Gasteiger partial charge in [0.2, 0.25) is 0 Å². The van der Waals surface area contributed by atoms with Crippen molar-refractivity contribution in [3.63, 3.8) is 0 Å². The number of aromatic nitrogens is 2. The highest BCUT2D eigenvalue weighted by atomic mass is 16.5. The van der Waals surface area contributed by atoms with Crippen molar-refractivity contribution in [3.05, 3.63) is 54.1 Å². The molecular formula is C20H26N4O2. The molecule has 138 valence electrons. The maximum atomic E-state index is 13.1. The summed E-state index contributed by atoms with van der Waals surface area (Å²) in [5.74, 6) is 0.621. The van der Waals surface area contributed by atoms with Crippen LogP contribution in [0.5, 0.6) is 5.75 Å². The van der Waals surface area contributed by atoms with Crippen molar-refractivity contribution in [1.82, 2.24) is 20.6 Å². The fourth-order valence-electron chi connectivity index (χ4n) is 3.27. The van der Waals surface area contributed by atoms with Crippen molar-refractivity contribution in [2.45, 2.75) is 44.8 Å². The van der Waals surface area contributed by atoms with Gasteiger partial charge in [0, 0.05) is 37.5 Å². The van der Waals surface area contributed by atoms with Gasteiger partial charge in [-0.05, 0) is 63.2 Å². The Hall–Kier alpha value is -2.47. The first-order valence-corrected chi connectivity index (χ1v) is 9.10. The molecule has 6 nitrogen and oxygen atoms in total. The molecule has 2 N–H and O–H groups in total. The molecule has 1 amide bonds. The summed E-state index contributed by atoms with van der Waals surface area (Å²) >= 11 is 0. The number of carbonyl (C=O) groups excluding carboxylic acids is 1. The third-order valence-electron chi connectivity index (χ3n) is 4.76. The number of hydrogen-bond donors (Lipinski definition) is 2. The smallest absolute Gasteiger partial charge is 0.264 e. The molecular weight excluding hydrogens is 328 g/mol. The number of hydrogen-bond acceptors (Lipinski definition) is 5. The third-order valence-corrected chi connectivity index (χ3v) is 4.76. The van der Waals surface area contributed by atoms with Gasteiger partial charge in [-0.3, -0.25) is 14.8 Å². The summed E-state index contributed by atoms with van der Waals surface area (Å²) in [4.78, 5) is 21.4. The van der Waals surface area contributed by atoms with E-state index in [1.807, 2.05) is 38.1 Å². The summed E-state index contributed by atoms with van der Waals surface area (Å²) in [6, 6.07) is 7.66. The molecule has 26 heavy (non-hydrogen) atoms. The topological polar surface area (TPSA) is 76.1 Å². The average Bonchev–Trinajstić information content (AvgIpc) is 2.65. The molecule has 1 atom stereocenters. The second-order valence-electron chi connectivity index (χ2n) is 6.87. The van der Waals surface area contributed by atoms with Gasteiger partial charge in [-0.1, -0.05) is 0 Å². The molecule has 0 aliphatic carbocycles. The second kappa shape index (κ2) is 8.27. The highest BCUT2D eigenvalue weighted by Crippen LogP contribution is 2.28. The largest absolute Gasteiger partial charge is 0.475 e. The van der Waals surface area contributed by atoms with Gasteiger partial charge in [-0.2, -0.15) is 0 Å². The molecule has 1 aliphatic heterocycles. The molecule has 3 rings (SSSR count). The standard InChI is InChI=1S/C20H26N4O2/c1-15(14-17-5-10-21-11-6-17)24-19(25)20(7-12-22-13-8-20)26-18-4-3-9-23-16(18)2/h3-6,9-11,15,22H,7-8,12-14H2,1-2H3,(H,24,25)/t15-/m1/s1. The van der Waals surface area contributed by atoms with Crippen LogP contribution < -0.4 is 15.4 Å². The molecule has 1 fully saturated rings. The zero-order valence-corrected chi connectivity index (χ0v) is 15.4. The molecule has 0 spiro atoms. The Kier molecular flexibility index (Phi) is 5.83. The van der Waals surface area contributed by atoms with Crippen molar-refractivity contribution in [3.8, 4) is 5.75 Å². The van der Waals surface area contributed by atoms with Gasteiger partial charge in [0.15, 0.2) is 5.60 Å². The van der Waals surface area contributed by atoms with E-state index in [1.165, 1.54) is 0 Å². The zero-order chi connectivity index (χ0) is 18.4. The summed E-state index contributed by atoms with van der Waals surface area (Å²) in [5, 5.41) is 6.45. The average molecular weight is 354 g/mol. The summed E-state index contributed by atoms with van der Waals surface area (Å²) in [6.45, 7) is 5.42. The van der Waals surface area contributed by atoms with Crippen molar-refractivity contribution >= 4 is 5.91 Å². The van der Waals surface area contributed by atoms with Crippen LogP contribution in [0.4, 0.5) is 0 Å². The van der Waals surface area contributed by atoms with E-state index in [2.05, 4.69) is 20.6 Å². The summed E-state index contributed by atoms with van der Waals surface area (Å²) in [7, 11) is 0. The van der Waals surface area contributed by atoms with Gasteiger partial charge in [-0.15, -0.1) is 0 Å². The maximum Gasteiger partial charge on any atom is 0.264 e. The monoisotopic (exact) mass is 354 g/mol. The number of rotatable bonds is 6. The Morgan fingerprint density at radius 2 is 2.00 bits per heavy atom. The van der Waals surface area contributed by atoms with E-state index in [0.717, 1.165) is 30.8 Å². The van der Waals surface area contributed by atoms with Crippen LogP contribution in [0, 0.1) is 6.92 Å². The molecule has 1 saturated heterocycles. The van der Waals surface area contributed by atoms with E-state index in [1.54, 1.807) is 18.6 Å². The number of piperidine rings is 1. The third kappa shape index (κ3) is 4.38. The SMILES string of the molecule is Cc1ncccc1OC1(C(=O)N[C@H](C)Cc2ccncc2)CCNCC1. The fourth-order valence-corrected chi connectivity index (χ4v) is 3.27. The van der Waals surface area contributed by atoms with Crippen LogP contribution >= 0.6 is 0 Å². The fraction of sp³-hybridized carbons (Fsp3) is 0.450. The normalized spacial score (nSPS) is 17.3. The minimum absolute atomic E-state index is 0.00950. The lowest BCUT2D eigenvalue weighted by Crippen LogP contribution is -2.58. The van der Waals surface area contributed by atoms with Crippen LogP contribution in [0.2, 0.25) is 0 Å². The number of carbonyl (C=O) groups is 1. The number of nitrogens with one attached hydrogen (secondary N) is 2. The maximum absolute atomic E-state index is 13.1. The zero-order valence-electron chi connectivity index (χ0n) is 15.4. The molecule has 2 aromatic rings. The van der Waals surface area contributed by atoms with Gasteiger partial charge in [0.05, 0.1) is 5.69 Å². The van der Waals surface area contributed by atoms with E-state index in [4.69, 9.17) is 4.74 Å². The van der Waals surface area contributed by atoms with Crippen LogP contribution in [0.25, 0.3) is 0 Å². The van der Waals surface area contributed by atoms with E-state index in [9.17, 15) is 4.79 Å². The Labute approximate surface area is 154 Å². The Morgan fingerprint density at radius 1 is 1.27 bits per heavy atom. The molecule has 0 radical (unpaired) electrons. The number of aryl methyl sites for hydroxylation is 1. The molecule has 6 heteroatoms. The minimum atomic E-state index is -0.856. The molecule has 0 unspecified atom stereocenters. The first-order valence-electron chi connectivity index (χ1n) is 9.10. The number of amides is 1. The predicted octanol–water partition coefficient (Wildman–Crippen LogP) is 2.03. The van der Waals surface area contributed by atoms with Gasteiger partial charge < -0.3 is 15.4 Å². The first-order chi connectivity index (χ1) is 12.6. The summed E-state index contributed by atoms with van der Waals surface area (Å²) in [5.41, 5.74) is 1.09. The van der Waals surface area contributed by atoms with Crippen LogP contribution in [-0.4, -0.2) is 40.6 Å². The Morgan fingerprint density at radius 3 is 2.69 bits per heavy atom. The highest BCUT2D eigenvalue weighted by molar-refractivity contribution is 5.86. The van der Waals surface area contributed by atoms with Crippen LogP contribution in [0.15, 0.2) is 42.9 Å². The van der Waals surface area contributed by atoms with E-state index < -0.39 is 5.60 Å². The molecule has 3 heterocycles. The lowest BCUT2D eigenvalue weighted by Gasteiger charge is -2.37. The molecule has 2 aromatic heterocycles. The first kappa shape index (κ1) is 18.3. The molecule has 0 aromatic carbocycles.